The minimum absolute atomic E-state index is 0.0806. The van der Waals surface area contributed by atoms with Crippen molar-refractivity contribution in [1.82, 2.24) is 4.90 Å². The van der Waals surface area contributed by atoms with E-state index in [0.29, 0.717) is 13.2 Å². The number of ether oxygens (including phenoxy) is 1. The molecule has 0 aliphatic carbocycles. The third-order valence-electron chi connectivity index (χ3n) is 3.17. The Morgan fingerprint density at radius 2 is 2.41 bits per heavy atom. The molecule has 1 heterocycles. The highest BCUT2D eigenvalue weighted by Gasteiger charge is 2.24. The van der Waals surface area contributed by atoms with Crippen molar-refractivity contribution in [2.75, 3.05) is 26.2 Å². The molecule has 1 fully saturated rings. The second-order valence-corrected chi connectivity index (χ2v) is 4.48. The molecule has 0 amide bonds. The maximum absolute atomic E-state index is 13.2. The maximum atomic E-state index is 13.2. The molecule has 0 radical (unpaired) electrons. The van der Waals surface area contributed by atoms with Gasteiger partial charge in [-0.25, -0.2) is 4.39 Å². The van der Waals surface area contributed by atoms with Crippen LogP contribution in [0.2, 0.25) is 0 Å². The summed E-state index contributed by atoms with van der Waals surface area (Å²) in [5.74, 6) is -0.206. The summed E-state index contributed by atoms with van der Waals surface area (Å²) in [4.78, 5) is 2.27. The lowest BCUT2D eigenvalue weighted by Crippen LogP contribution is -2.45. The van der Waals surface area contributed by atoms with Gasteiger partial charge in [0.25, 0.3) is 0 Å². The summed E-state index contributed by atoms with van der Waals surface area (Å²) in [7, 11) is 0. The number of nitrogens with zero attached hydrogens (tertiary/aromatic N) is 1. The molecule has 3 nitrogen and oxygen atoms in total. The minimum atomic E-state index is -0.206. The number of rotatable bonds is 3. The molecule has 0 spiro atoms. The average molecular weight is 238 g/mol. The summed E-state index contributed by atoms with van der Waals surface area (Å²) in [6, 6.07) is 6.77. The lowest BCUT2D eigenvalue weighted by Gasteiger charge is -2.37. The van der Waals surface area contributed by atoms with Gasteiger partial charge in [-0.1, -0.05) is 12.1 Å². The van der Waals surface area contributed by atoms with Gasteiger partial charge in [-0.05, 0) is 24.6 Å². The molecule has 1 aliphatic heterocycles. The van der Waals surface area contributed by atoms with Crippen LogP contribution in [0, 0.1) is 5.82 Å². The predicted octanol–water partition coefficient (Wildman–Crippen LogP) is 1.55. The first-order valence-electron chi connectivity index (χ1n) is 6.02. The fraction of sp³-hybridized carbons (Fsp3) is 0.538. The summed E-state index contributed by atoms with van der Waals surface area (Å²) in [5.41, 5.74) is 6.77. The van der Waals surface area contributed by atoms with E-state index in [1.54, 1.807) is 12.1 Å². The van der Waals surface area contributed by atoms with Gasteiger partial charge >= 0.3 is 0 Å². The summed E-state index contributed by atoms with van der Waals surface area (Å²) in [5, 5.41) is 0. The molecule has 0 saturated carbocycles. The number of halogens is 1. The Kier molecular flexibility index (Phi) is 4.10. The lowest BCUT2D eigenvalue weighted by molar-refractivity contribution is -0.0333. The van der Waals surface area contributed by atoms with E-state index < -0.39 is 0 Å². The van der Waals surface area contributed by atoms with Crippen LogP contribution in [0.4, 0.5) is 4.39 Å². The molecule has 2 rings (SSSR count). The standard InChI is InChI=1S/C13H19FN2O/c1-10-9-16(5-6-17-10)13(8-15)11-3-2-4-12(14)7-11/h2-4,7,10,13H,5-6,8-9,15H2,1H3. The van der Waals surface area contributed by atoms with Crippen molar-refractivity contribution in [3.8, 4) is 0 Å². The Morgan fingerprint density at radius 3 is 3.06 bits per heavy atom. The molecule has 1 saturated heterocycles. The summed E-state index contributed by atoms with van der Waals surface area (Å²) >= 11 is 0. The van der Waals surface area contributed by atoms with Crippen molar-refractivity contribution in [3.05, 3.63) is 35.6 Å². The van der Waals surface area contributed by atoms with Gasteiger partial charge in [0.05, 0.1) is 12.7 Å². The van der Waals surface area contributed by atoms with Crippen LogP contribution in [0.1, 0.15) is 18.5 Å². The molecule has 1 aromatic rings. The fourth-order valence-corrected chi connectivity index (χ4v) is 2.34. The van der Waals surface area contributed by atoms with Crippen molar-refractivity contribution in [3.63, 3.8) is 0 Å². The summed E-state index contributed by atoms with van der Waals surface area (Å²) in [6.07, 6.45) is 0.214. The normalized spacial score (nSPS) is 23.6. The van der Waals surface area contributed by atoms with Gasteiger partial charge in [-0.2, -0.15) is 0 Å². The van der Waals surface area contributed by atoms with E-state index in [0.717, 1.165) is 18.7 Å². The van der Waals surface area contributed by atoms with Gasteiger partial charge in [-0.3, -0.25) is 4.90 Å². The molecule has 2 atom stereocenters. The van der Waals surface area contributed by atoms with Gasteiger partial charge in [0, 0.05) is 25.7 Å². The highest BCUT2D eigenvalue weighted by atomic mass is 19.1. The molecule has 1 aliphatic rings. The van der Waals surface area contributed by atoms with Gasteiger partial charge in [0.1, 0.15) is 5.82 Å². The molecule has 2 unspecified atom stereocenters. The Balaban J connectivity index is 2.15. The number of hydrogen-bond donors (Lipinski definition) is 1. The van der Waals surface area contributed by atoms with Crippen LogP contribution in [0.3, 0.4) is 0 Å². The largest absolute Gasteiger partial charge is 0.376 e. The molecule has 4 heteroatoms. The smallest absolute Gasteiger partial charge is 0.123 e. The lowest BCUT2D eigenvalue weighted by atomic mass is 10.0. The Hall–Kier alpha value is -0.970. The van der Waals surface area contributed by atoms with E-state index in [2.05, 4.69) is 4.90 Å². The number of morpholine rings is 1. The average Bonchev–Trinajstić information content (AvgIpc) is 2.30. The summed E-state index contributed by atoms with van der Waals surface area (Å²) in [6.45, 7) is 4.95. The van der Waals surface area contributed by atoms with Gasteiger partial charge in [0.15, 0.2) is 0 Å². The first-order valence-corrected chi connectivity index (χ1v) is 6.02. The first-order chi connectivity index (χ1) is 8.20. The van der Waals surface area contributed by atoms with Crippen LogP contribution >= 0.6 is 0 Å². The highest BCUT2D eigenvalue weighted by molar-refractivity contribution is 5.20. The SMILES string of the molecule is CC1CN(C(CN)c2cccc(F)c2)CCO1. The summed E-state index contributed by atoms with van der Waals surface area (Å²) < 4.78 is 18.7. The fourth-order valence-electron chi connectivity index (χ4n) is 2.34. The van der Waals surface area contributed by atoms with Crippen LogP contribution < -0.4 is 5.73 Å². The number of nitrogens with two attached hydrogens (primary N) is 1. The van der Waals surface area contributed by atoms with Crippen molar-refractivity contribution in [2.45, 2.75) is 19.1 Å². The zero-order valence-corrected chi connectivity index (χ0v) is 10.1. The van der Waals surface area contributed by atoms with E-state index >= 15 is 0 Å². The highest BCUT2D eigenvalue weighted by Crippen LogP contribution is 2.22. The minimum Gasteiger partial charge on any atom is -0.376 e. The van der Waals surface area contributed by atoms with Gasteiger partial charge < -0.3 is 10.5 Å². The van der Waals surface area contributed by atoms with Crippen LogP contribution in [0.15, 0.2) is 24.3 Å². The zero-order valence-electron chi connectivity index (χ0n) is 10.1. The maximum Gasteiger partial charge on any atom is 0.123 e. The predicted molar refractivity (Wildman–Crippen MR) is 65.2 cm³/mol. The van der Waals surface area contributed by atoms with Crippen LogP contribution in [0.5, 0.6) is 0 Å². The van der Waals surface area contributed by atoms with E-state index in [9.17, 15) is 4.39 Å². The Bertz CT molecular complexity index is 372. The Labute approximate surface area is 101 Å². The third-order valence-corrected chi connectivity index (χ3v) is 3.17. The molecule has 2 N–H and O–H groups in total. The molecular weight excluding hydrogens is 219 g/mol. The van der Waals surface area contributed by atoms with Crippen LogP contribution in [0.25, 0.3) is 0 Å². The molecule has 17 heavy (non-hydrogen) atoms. The topological polar surface area (TPSA) is 38.5 Å². The molecule has 0 aromatic heterocycles. The van der Waals surface area contributed by atoms with E-state index in [-0.39, 0.29) is 18.0 Å². The van der Waals surface area contributed by atoms with Crippen LogP contribution in [-0.2, 0) is 4.74 Å². The van der Waals surface area contributed by atoms with E-state index in [1.165, 1.54) is 6.07 Å². The second-order valence-electron chi connectivity index (χ2n) is 4.48. The molecule has 1 aromatic carbocycles. The molecular formula is C13H19FN2O. The second kappa shape index (κ2) is 5.58. The van der Waals surface area contributed by atoms with E-state index in [1.807, 2.05) is 13.0 Å². The third kappa shape index (κ3) is 3.03. The van der Waals surface area contributed by atoms with Crippen molar-refractivity contribution < 1.29 is 9.13 Å². The number of benzene rings is 1. The van der Waals surface area contributed by atoms with Crippen molar-refractivity contribution in [1.29, 1.82) is 0 Å². The number of hydrogen-bond acceptors (Lipinski definition) is 3. The van der Waals surface area contributed by atoms with Gasteiger partial charge in [-0.15, -0.1) is 0 Å². The quantitative estimate of drug-likeness (QED) is 0.868. The zero-order chi connectivity index (χ0) is 12.3. The van der Waals surface area contributed by atoms with Gasteiger partial charge in [0.2, 0.25) is 0 Å². The molecule has 94 valence electrons. The van der Waals surface area contributed by atoms with Crippen molar-refractivity contribution >= 4 is 0 Å². The van der Waals surface area contributed by atoms with Crippen LogP contribution in [-0.4, -0.2) is 37.2 Å². The monoisotopic (exact) mass is 238 g/mol. The van der Waals surface area contributed by atoms with Crippen molar-refractivity contribution in [2.24, 2.45) is 5.73 Å². The first kappa shape index (κ1) is 12.5. The molecule has 0 bridgehead atoms. The Morgan fingerprint density at radius 1 is 1.59 bits per heavy atom. The van der Waals surface area contributed by atoms with E-state index in [4.69, 9.17) is 10.5 Å².